The summed E-state index contributed by atoms with van der Waals surface area (Å²) in [4.78, 5) is 2.18. The standard InChI is InChI=1S/C21H25N2O4S/c1-25-17-8-6-16(7-9-17)22-14-21(24,23-11-4-12-28-20(22)23)15-5-10-18(26-2)19(13-15)27-3/h5-10,13,24H,4,11-12,14H2,1-3H3/q+1/t21-/m1/s1. The normalized spacial score (nSPS) is 21.5. The molecular formula is C21H25N2O4S+. The van der Waals surface area contributed by atoms with Crippen LogP contribution in [0.2, 0.25) is 0 Å². The van der Waals surface area contributed by atoms with Gasteiger partial charge in [-0.15, -0.1) is 0 Å². The maximum absolute atomic E-state index is 11.8. The summed E-state index contributed by atoms with van der Waals surface area (Å²) < 4.78 is 18.2. The van der Waals surface area contributed by atoms with Gasteiger partial charge in [0.05, 0.1) is 27.9 Å². The lowest BCUT2D eigenvalue weighted by atomic mass is 10.0. The third kappa shape index (κ3) is 3.08. The molecule has 2 aromatic rings. The number of rotatable bonds is 5. The van der Waals surface area contributed by atoms with Crippen LogP contribution in [0.1, 0.15) is 12.0 Å². The van der Waals surface area contributed by atoms with E-state index in [2.05, 4.69) is 9.48 Å². The van der Waals surface area contributed by atoms with Gasteiger partial charge in [-0.3, -0.25) is 0 Å². The summed E-state index contributed by atoms with van der Waals surface area (Å²) >= 11 is 1.78. The third-order valence-electron chi connectivity index (χ3n) is 5.27. The van der Waals surface area contributed by atoms with E-state index in [1.807, 2.05) is 42.5 Å². The molecule has 28 heavy (non-hydrogen) atoms. The van der Waals surface area contributed by atoms with Crippen LogP contribution in [0.15, 0.2) is 42.5 Å². The Labute approximate surface area is 169 Å². The predicted molar refractivity (Wildman–Crippen MR) is 111 cm³/mol. The highest BCUT2D eigenvalue weighted by molar-refractivity contribution is 8.13. The molecule has 2 aliphatic heterocycles. The van der Waals surface area contributed by atoms with Crippen LogP contribution in [0, 0.1) is 0 Å². The second-order valence-electron chi connectivity index (χ2n) is 6.81. The molecule has 0 spiro atoms. The van der Waals surface area contributed by atoms with E-state index in [-0.39, 0.29) is 0 Å². The first kappa shape index (κ1) is 19.0. The number of thioether (sulfide) groups is 1. The van der Waals surface area contributed by atoms with Crippen LogP contribution in [0.4, 0.5) is 5.69 Å². The van der Waals surface area contributed by atoms with Gasteiger partial charge in [0.25, 0.3) is 5.72 Å². The summed E-state index contributed by atoms with van der Waals surface area (Å²) in [5.74, 6) is 3.12. The Morgan fingerprint density at radius 2 is 1.75 bits per heavy atom. The van der Waals surface area contributed by atoms with E-state index < -0.39 is 5.72 Å². The number of anilines is 1. The second kappa shape index (κ2) is 7.56. The molecule has 7 heteroatoms. The molecule has 0 radical (unpaired) electrons. The number of β-amino-alcohol motifs (C(OH)–C–C–N with tert-alkyl or cyclic N) is 1. The van der Waals surface area contributed by atoms with Crippen molar-refractivity contribution < 1.29 is 23.9 Å². The van der Waals surface area contributed by atoms with Crippen molar-refractivity contribution in [1.29, 1.82) is 0 Å². The molecule has 1 atom stereocenters. The van der Waals surface area contributed by atoms with Crippen molar-refractivity contribution in [3.05, 3.63) is 48.0 Å². The van der Waals surface area contributed by atoms with E-state index in [0.717, 1.165) is 40.9 Å². The monoisotopic (exact) mass is 401 g/mol. The maximum atomic E-state index is 11.8. The van der Waals surface area contributed by atoms with Gasteiger partial charge in [0.1, 0.15) is 11.4 Å². The average Bonchev–Trinajstić information content (AvgIpc) is 3.07. The predicted octanol–water partition coefficient (Wildman–Crippen LogP) is 2.88. The van der Waals surface area contributed by atoms with Gasteiger partial charge in [-0.05, 0) is 60.6 Å². The molecule has 1 N–H and O–H groups in total. The molecule has 6 nitrogen and oxygen atoms in total. The van der Waals surface area contributed by atoms with E-state index in [1.54, 1.807) is 33.1 Å². The first-order valence-corrected chi connectivity index (χ1v) is 10.2. The number of benzene rings is 2. The lowest BCUT2D eigenvalue weighted by Crippen LogP contribution is -2.41. The van der Waals surface area contributed by atoms with Crippen molar-refractivity contribution in [3.8, 4) is 17.2 Å². The zero-order valence-corrected chi connectivity index (χ0v) is 17.2. The van der Waals surface area contributed by atoms with Gasteiger partial charge in [-0.2, -0.15) is 0 Å². The second-order valence-corrected chi connectivity index (χ2v) is 7.87. The van der Waals surface area contributed by atoms with Gasteiger partial charge < -0.3 is 19.3 Å². The fourth-order valence-electron chi connectivity index (χ4n) is 3.80. The number of hydrogen-bond acceptors (Lipinski definition) is 6. The Morgan fingerprint density at radius 1 is 1.00 bits per heavy atom. The van der Waals surface area contributed by atoms with E-state index in [1.165, 1.54) is 0 Å². The van der Waals surface area contributed by atoms with Gasteiger partial charge >= 0.3 is 5.17 Å². The van der Waals surface area contributed by atoms with Crippen LogP contribution in [0.5, 0.6) is 17.2 Å². The van der Waals surface area contributed by atoms with Crippen molar-refractivity contribution in [3.63, 3.8) is 0 Å². The number of aliphatic hydroxyl groups is 1. The maximum Gasteiger partial charge on any atom is 0.316 e. The Balaban J connectivity index is 1.76. The van der Waals surface area contributed by atoms with Crippen LogP contribution in [-0.4, -0.2) is 55.0 Å². The molecule has 0 amide bonds. The van der Waals surface area contributed by atoms with Crippen LogP contribution in [0.3, 0.4) is 0 Å². The zero-order chi connectivity index (χ0) is 19.7. The first-order valence-electron chi connectivity index (χ1n) is 9.24. The van der Waals surface area contributed by atoms with Gasteiger partial charge in [0.2, 0.25) is 0 Å². The molecule has 0 aromatic heterocycles. The molecule has 0 bridgehead atoms. The lowest BCUT2D eigenvalue weighted by molar-refractivity contribution is -0.656. The van der Waals surface area contributed by atoms with Gasteiger partial charge in [-0.1, -0.05) is 0 Å². The fraction of sp³-hybridized carbons (Fsp3) is 0.381. The molecule has 4 rings (SSSR count). The molecule has 0 unspecified atom stereocenters. The first-order chi connectivity index (χ1) is 13.6. The molecular weight excluding hydrogens is 376 g/mol. The Morgan fingerprint density at radius 3 is 2.43 bits per heavy atom. The van der Waals surface area contributed by atoms with Crippen molar-refractivity contribution in [2.75, 3.05) is 45.1 Å². The summed E-state index contributed by atoms with van der Waals surface area (Å²) in [6.07, 6.45) is 1.03. The summed E-state index contributed by atoms with van der Waals surface area (Å²) in [5, 5.41) is 12.9. The topological polar surface area (TPSA) is 54.2 Å². The number of amidine groups is 1. The quantitative estimate of drug-likeness (QED) is 0.778. The minimum Gasteiger partial charge on any atom is -0.497 e. The van der Waals surface area contributed by atoms with Crippen LogP contribution >= 0.6 is 11.8 Å². The average molecular weight is 402 g/mol. The summed E-state index contributed by atoms with van der Waals surface area (Å²) in [7, 11) is 4.88. The number of methoxy groups -OCH3 is 3. The molecule has 148 valence electrons. The minimum atomic E-state index is -1.14. The Kier molecular flexibility index (Phi) is 5.12. The number of hydrogen-bond donors (Lipinski definition) is 1. The molecule has 0 saturated carbocycles. The molecule has 2 heterocycles. The van der Waals surface area contributed by atoms with Crippen LogP contribution < -0.4 is 19.1 Å². The van der Waals surface area contributed by atoms with Crippen LogP contribution in [0.25, 0.3) is 0 Å². The van der Waals surface area contributed by atoms with E-state index >= 15 is 0 Å². The zero-order valence-electron chi connectivity index (χ0n) is 16.3. The van der Waals surface area contributed by atoms with Gasteiger partial charge in [0, 0.05) is 11.3 Å². The van der Waals surface area contributed by atoms with E-state index in [0.29, 0.717) is 18.0 Å². The number of ether oxygens (including phenoxy) is 3. The highest BCUT2D eigenvalue weighted by Crippen LogP contribution is 2.40. The largest absolute Gasteiger partial charge is 0.497 e. The van der Waals surface area contributed by atoms with Gasteiger partial charge in [-0.25, -0.2) is 9.48 Å². The Hall–Kier alpha value is -2.38. The van der Waals surface area contributed by atoms with E-state index in [4.69, 9.17) is 14.2 Å². The van der Waals surface area contributed by atoms with Crippen LogP contribution in [-0.2, 0) is 5.72 Å². The fourth-order valence-corrected chi connectivity index (χ4v) is 4.98. The molecule has 0 saturated heterocycles. The molecule has 2 aromatic carbocycles. The third-order valence-corrected chi connectivity index (χ3v) is 6.47. The van der Waals surface area contributed by atoms with Crippen molar-refractivity contribution in [1.82, 2.24) is 0 Å². The summed E-state index contributed by atoms with van der Waals surface area (Å²) in [6, 6.07) is 13.6. The summed E-state index contributed by atoms with van der Waals surface area (Å²) in [5.41, 5.74) is 0.690. The number of nitrogens with zero attached hydrogens (tertiary/aromatic N) is 2. The molecule has 2 aliphatic rings. The van der Waals surface area contributed by atoms with E-state index in [9.17, 15) is 5.11 Å². The molecule has 0 fully saturated rings. The SMILES string of the molecule is COc1ccc(N2C[C@@](O)(c3ccc(OC)c(OC)c3)[N+]3=C2SCCC3)cc1. The minimum absolute atomic E-state index is 0.442. The van der Waals surface area contributed by atoms with Gasteiger partial charge in [0.15, 0.2) is 18.0 Å². The highest BCUT2D eigenvalue weighted by atomic mass is 32.2. The van der Waals surface area contributed by atoms with Crippen molar-refractivity contribution in [2.45, 2.75) is 12.1 Å². The Bertz CT molecular complexity index is 900. The van der Waals surface area contributed by atoms with Crippen molar-refractivity contribution in [2.24, 2.45) is 0 Å². The highest BCUT2D eigenvalue weighted by Gasteiger charge is 2.53. The molecule has 0 aliphatic carbocycles. The summed E-state index contributed by atoms with van der Waals surface area (Å²) in [6.45, 7) is 1.25. The lowest BCUT2D eigenvalue weighted by Gasteiger charge is -2.25. The van der Waals surface area contributed by atoms with Crippen molar-refractivity contribution >= 4 is 22.6 Å². The smallest absolute Gasteiger partial charge is 0.316 e.